The SMILES string of the molecule is CCCCN=C(NCC)NCCC(=O)NCc1ccccc1.I. The number of carbonyl (C=O) groups excluding carboxylic acids is 1. The molecule has 0 aliphatic heterocycles. The minimum Gasteiger partial charge on any atom is -0.357 e. The first-order chi connectivity index (χ1) is 10.8. The van der Waals surface area contributed by atoms with Crippen LogP contribution >= 0.6 is 24.0 Å². The van der Waals surface area contributed by atoms with Crippen LogP contribution in [-0.4, -0.2) is 31.5 Å². The highest BCUT2D eigenvalue weighted by Crippen LogP contribution is 1.97. The monoisotopic (exact) mass is 432 g/mol. The molecule has 3 N–H and O–H groups in total. The number of guanidine groups is 1. The van der Waals surface area contributed by atoms with Crippen molar-refractivity contribution < 1.29 is 4.79 Å². The maximum absolute atomic E-state index is 11.8. The van der Waals surface area contributed by atoms with Crippen LogP contribution in [0.15, 0.2) is 35.3 Å². The van der Waals surface area contributed by atoms with E-state index < -0.39 is 0 Å². The standard InChI is InChI=1S/C17H28N4O.HI/c1-3-5-12-19-17(18-4-2)20-13-11-16(22)21-14-15-9-7-6-8-10-15;/h6-10H,3-5,11-14H2,1-2H3,(H,21,22)(H2,18,19,20);1H. The van der Waals surface area contributed by atoms with E-state index in [1.165, 1.54) is 0 Å². The van der Waals surface area contributed by atoms with Crippen LogP contribution in [-0.2, 0) is 11.3 Å². The number of aliphatic imine (C=N–C) groups is 1. The second-order valence-corrected chi connectivity index (χ2v) is 5.05. The highest BCUT2D eigenvalue weighted by atomic mass is 127. The van der Waals surface area contributed by atoms with Crippen LogP contribution in [0, 0.1) is 0 Å². The van der Waals surface area contributed by atoms with Gasteiger partial charge in [-0.05, 0) is 18.9 Å². The predicted octanol–water partition coefficient (Wildman–Crippen LogP) is 2.67. The normalized spacial score (nSPS) is 10.6. The van der Waals surface area contributed by atoms with Gasteiger partial charge >= 0.3 is 0 Å². The summed E-state index contributed by atoms with van der Waals surface area (Å²) in [6, 6.07) is 9.91. The Bertz CT molecular complexity index is 451. The van der Waals surface area contributed by atoms with Gasteiger partial charge in [-0.25, -0.2) is 0 Å². The Hall–Kier alpha value is -1.31. The Morgan fingerprint density at radius 2 is 1.83 bits per heavy atom. The van der Waals surface area contributed by atoms with Gasteiger partial charge in [0.05, 0.1) is 0 Å². The summed E-state index contributed by atoms with van der Waals surface area (Å²) in [6.45, 7) is 6.96. The lowest BCUT2D eigenvalue weighted by Crippen LogP contribution is -2.39. The third-order valence-electron chi connectivity index (χ3n) is 3.10. The van der Waals surface area contributed by atoms with Crippen LogP contribution in [0.3, 0.4) is 0 Å². The third-order valence-corrected chi connectivity index (χ3v) is 3.10. The van der Waals surface area contributed by atoms with Crippen molar-refractivity contribution >= 4 is 35.8 Å². The van der Waals surface area contributed by atoms with Gasteiger partial charge in [-0.3, -0.25) is 9.79 Å². The number of hydrogen-bond acceptors (Lipinski definition) is 2. The molecule has 5 nitrogen and oxygen atoms in total. The molecule has 0 spiro atoms. The molecule has 6 heteroatoms. The van der Waals surface area contributed by atoms with E-state index in [4.69, 9.17) is 0 Å². The lowest BCUT2D eigenvalue weighted by Gasteiger charge is -2.11. The molecule has 0 heterocycles. The Balaban J connectivity index is 0.00000484. The fourth-order valence-corrected chi connectivity index (χ4v) is 1.87. The van der Waals surface area contributed by atoms with Gasteiger partial charge < -0.3 is 16.0 Å². The van der Waals surface area contributed by atoms with Crippen molar-refractivity contribution in [3.05, 3.63) is 35.9 Å². The van der Waals surface area contributed by atoms with Gasteiger partial charge in [0.1, 0.15) is 0 Å². The Labute approximate surface area is 156 Å². The van der Waals surface area contributed by atoms with E-state index in [1.807, 2.05) is 37.3 Å². The lowest BCUT2D eigenvalue weighted by molar-refractivity contribution is -0.121. The molecule has 0 atom stereocenters. The van der Waals surface area contributed by atoms with E-state index >= 15 is 0 Å². The van der Waals surface area contributed by atoms with Crippen LogP contribution < -0.4 is 16.0 Å². The van der Waals surface area contributed by atoms with Crippen molar-refractivity contribution in [2.45, 2.75) is 39.7 Å². The second-order valence-electron chi connectivity index (χ2n) is 5.05. The molecule has 0 unspecified atom stereocenters. The number of nitrogens with zero attached hydrogens (tertiary/aromatic N) is 1. The maximum atomic E-state index is 11.8. The smallest absolute Gasteiger partial charge is 0.222 e. The quantitative estimate of drug-likeness (QED) is 0.243. The number of halogens is 1. The summed E-state index contributed by atoms with van der Waals surface area (Å²) in [5.74, 6) is 0.826. The Morgan fingerprint density at radius 3 is 2.48 bits per heavy atom. The molecule has 0 saturated carbocycles. The lowest BCUT2D eigenvalue weighted by atomic mass is 10.2. The highest BCUT2D eigenvalue weighted by molar-refractivity contribution is 14.0. The fraction of sp³-hybridized carbons (Fsp3) is 0.529. The maximum Gasteiger partial charge on any atom is 0.222 e. The van der Waals surface area contributed by atoms with Crippen LogP contribution in [0.5, 0.6) is 0 Å². The molecule has 0 saturated heterocycles. The molecule has 0 radical (unpaired) electrons. The van der Waals surface area contributed by atoms with E-state index in [0.29, 0.717) is 19.5 Å². The van der Waals surface area contributed by atoms with Crippen LogP contribution in [0.25, 0.3) is 0 Å². The Morgan fingerprint density at radius 1 is 1.09 bits per heavy atom. The first-order valence-electron chi connectivity index (χ1n) is 8.09. The van der Waals surface area contributed by atoms with Crippen LogP contribution in [0.4, 0.5) is 0 Å². The van der Waals surface area contributed by atoms with Gasteiger partial charge in [-0.1, -0.05) is 43.7 Å². The summed E-state index contributed by atoms with van der Waals surface area (Å²) in [6.07, 6.45) is 2.64. The zero-order valence-electron chi connectivity index (χ0n) is 14.1. The average Bonchev–Trinajstić information content (AvgIpc) is 2.54. The fourth-order valence-electron chi connectivity index (χ4n) is 1.87. The molecular weight excluding hydrogens is 403 g/mol. The molecular formula is C17H29IN4O. The number of carbonyl (C=O) groups is 1. The van der Waals surface area contributed by atoms with Crippen LogP contribution in [0.2, 0.25) is 0 Å². The summed E-state index contributed by atoms with van der Waals surface area (Å²) in [5, 5.41) is 9.28. The summed E-state index contributed by atoms with van der Waals surface area (Å²) in [7, 11) is 0. The number of nitrogens with one attached hydrogen (secondary N) is 3. The van der Waals surface area contributed by atoms with Gasteiger partial charge in [0.25, 0.3) is 0 Å². The Kier molecular flexibility index (Phi) is 13.5. The minimum atomic E-state index is 0. The molecule has 1 aromatic rings. The van der Waals surface area contributed by atoms with Crippen molar-refractivity contribution in [3.8, 4) is 0 Å². The van der Waals surface area contributed by atoms with E-state index in [1.54, 1.807) is 0 Å². The van der Waals surface area contributed by atoms with Crippen molar-refractivity contribution in [1.82, 2.24) is 16.0 Å². The number of rotatable bonds is 9. The van der Waals surface area contributed by atoms with Gasteiger partial charge in [-0.2, -0.15) is 0 Å². The van der Waals surface area contributed by atoms with Gasteiger partial charge in [0.15, 0.2) is 5.96 Å². The summed E-state index contributed by atoms with van der Waals surface area (Å²) in [5.41, 5.74) is 1.11. The molecule has 1 amide bonds. The number of hydrogen-bond donors (Lipinski definition) is 3. The molecule has 0 fully saturated rings. The zero-order valence-corrected chi connectivity index (χ0v) is 16.4. The van der Waals surface area contributed by atoms with E-state index in [-0.39, 0.29) is 29.9 Å². The predicted molar refractivity (Wildman–Crippen MR) is 107 cm³/mol. The summed E-state index contributed by atoms with van der Waals surface area (Å²) >= 11 is 0. The van der Waals surface area contributed by atoms with Crippen molar-refractivity contribution in [2.75, 3.05) is 19.6 Å². The minimum absolute atomic E-state index is 0. The van der Waals surface area contributed by atoms with E-state index in [2.05, 4.69) is 27.9 Å². The number of amides is 1. The van der Waals surface area contributed by atoms with Crippen molar-refractivity contribution in [1.29, 1.82) is 0 Å². The van der Waals surface area contributed by atoms with Gasteiger partial charge in [0.2, 0.25) is 5.91 Å². The van der Waals surface area contributed by atoms with Gasteiger partial charge in [0, 0.05) is 32.6 Å². The molecule has 1 aromatic carbocycles. The summed E-state index contributed by atoms with van der Waals surface area (Å²) in [4.78, 5) is 16.3. The molecule has 1 rings (SSSR count). The van der Waals surface area contributed by atoms with E-state index in [0.717, 1.165) is 37.5 Å². The molecule has 0 aromatic heterocycles. The average molecular weight is 432 g/mol. The molecule has 130 valence electrons. The molecule has 0 aliphatic rings. The highest BCUT2D eigenvalue weighted by Gasteiger charge is 2.02. The largest absolute Gasteiger partial charge is 0.357 e. The van der Waals surface area contributed by atoms with Crippen molar-refractivity contribution in [2.24, 2.45) is 4.99 Å². The van der Waals surface area contributed by atoms with E-state index in [9.17, 15) is 4.79 Å². The summed E-state index contributed by atoms with van der Waals surface area (Å²) < 4.78 is 0. The zero-order chi connectivity index (χ0) is 16.0. The second kappa shape index (κ2) is 14.3. The number of benzene rings is 1. The first kappa shape index (κ1) is 21.7. The van der Waals surface area contributed by atoms with Crippen LogP contribution in [0.1, 0.15) is 38.7 Å². The third kappa shape index (κ3) is 11.0. The molecule has 0 bridgehead atoms. The molecule has 23 heavy (non-hydrogen) atoms. The van der Waals surface area contributed by atoms with Crippen molar-refractivity contribution in [3.63, 3.8) is 0 Å². The first-order valence-corrected chi connectivity index (χ1v) is 8.09. The molecule has 0 aliphatic carbocycles. The van der Waals surface area contributed by atoms with Gasteiger partial charge in [-0.15, -0.1) is 24.0 Å². The topological polar surface area (TPSA) is 65.5 Å². The number of unbranched alkanes of at least 4 members (excludes halogenated alkanes) is 1.